The number of benzene rings is 2. The molecular formula is C14H9Cl5. The molecule has 0 bridgehead atoms. The number of hydrogen-bond acceptors (Lipinski definition) is 0. The fourth-order valence-electron chi connectivity index (χ4n) is 1.74. The molecule has 0 aromatic heterocycles. The normalized spacial score (nSPS) is 12.5. The Morgan fingerprint density at radius 3 is 2.16 bits per heavy atom. The summed E-state index contributed by atoms with van der Waals surface area (Å²) in [6, 6.07) is 10.7. The van der Waals surface area contributed by atoms with Crippen LogP contribution in [-0.4, -0.2) is 0 Å². The monoisotopic (exact) mass is 352 g/mol. The molecule has 0 spiro atoms. The standard InChI is InChI=1S/C14H9Cl5/c15-9-2-4-11(16)10(7-9)13(18)5-8-1-3-12(17)14(19)6-8/h1-4,6-7,13H,5H2. The van der Waals surface area contributed by atoms with Crippen LogP contribution < -0.4 is 0 Å². The maximum atomic E-state index is 6.39. The van der Waals surface area contributed by atoms with E-state index < -0.39 is 0 Å². The van der Waals surface area contributed by atoms with Crippen molar-refractivity contribution in [2.24, 2.45) is 0 Å². The molecule has 0 saturated heterocycles. The van der Waals surface area contributed by atoms with E-state index in [4.69, 9.17) is 58.0 Å². The summed E-state index contributed by atoms with van der Waals surface area (Å²) in [7, 11) is 0. The Morgan fingerprint density at radius 1 is 0.789 bits per heavy atom. The zero-order valence-electron chi connectivity index (χ0n) is 9.64. The van der Waals surface area contributed by atoms with Gasteiger partial charge in [0.25, 0.3) is 0 Å². The highest BCUT2D eigenvalue weighted by molar-refractivity contribution is 6.42. The third-order valence-electron chi connectivity index (χ3n) is 2.69. The Kier molecular flexibility index (Phi) is 5.28. The van der Waals surface area contributed by atoms with Crippen LogP contribution >= 0.6 is 58.0 Å². The van der Waals surface area contributed by atoms with Crippen molar-refractivity contribution >= 4 is 58.0 Å². The Morgan fingerprint density at radius 2 is 1.47 bits per heavy atom. The van der Waals surface area contributed by atoms with Crippen LogP contribution in [0.2, 0.25) is 20.1 Å². The van der Waals surface area contributed by atoms with Gasteiger partial charge in [0, 0.05) is 10.0 Å². The summed E-state index contributed by atoms with van der Waals surface area (Å²) >= 11 is 30.3. The lowest BCUT2D eigenvalue weighted by Gasteiger charge is -2.12. The van der Waals surface area contributed by atoms with Gasteiger partial charge in [-0.25, -0.2) is 0 Å². The smallest absolute Gasteiger partial charge is 0.0640 e. The second kappa shape index (κ2) is 6.56. The summed E-state index contributed by atoms with van der Waals surface area (Å²) < 4.78 is 0. The molecule has 0 N–H and O–H groups in total. The van der Waals surface area contributed by atoms with Gasteiger partial charge in [0.1, 0.15) is 0 Å². The second-order valence-corrected chi connectivity index (χ2v) is 6.27. The van der Waals surface area contributed by atoms with E-state index in [2.05, 4.69) is 0 Å². The molecule has 1 atom stereocenters. The number of rotatable bonds is 3. The SMILES string of the molecule is Clc1ccc(Cl)c(C(Cl)Cc2ccc(Cl)c(Cl)c2)c1. The molecule has 0 aliphatic heterocycles. The molecule has 1 unspecified atom stereocenters. The number of alkyl halides is 1. The summed E-state index contributed by atoms with van der Waals surface area (Å²) in [4.78, 5) is 0. The molecule has 0 aliphatic rings. The van der Waals surface area contributed by atoms with Gasteiger partial charge in [-0.3, -0.25) is 0 Å². The van der Waals surface area contributed by atoms with Crippen LogP contribution in [0.5, 0.6) is 0 Å². The first kappa shape index (κ1) is 15.3. The van der Waals surface area contributed by atoms with E-state index in [1.165, 1.54) is 0 Å². The first-order valence-corrected chi connectivity index (χ1v) is 7.45. The highest BCUT2D eigenvalue weighted by atomic mass is 35.5. The highest BCUT2D eigenvalue weighted by Crippen LogP contribution is 2.33. The van der Waals surface area contributed by atoms with Gasteiger partial charge < -0.3 is 0 Å². The van der Waals surface area contributed by atoms with Crippen molar-refractivity contribution in [1.82, 2.24) is 0 Å². The van der Waals surface area contributed by atoms with E-state index in [9.17, 15) is 0 Å². The molecule has 19 heavy (non-hydrogen) atoms. The molecule has 5 heteroatoms. The average Bonchev–Trinajstić information content (AvgIpc) is 2.36. The van der Waals surface area contributed by atoms with Crippen molar-refractivity contribution in [1.29, 1.82) is 0 Å². The van der Waals surface area contributed by atoms with Gasteiger partial charge in [0.15, 0.2) is 0 Å². The van der Waals surface area contributed by atoms with Crippen LogP contribution in [0.1, 0.15) is 16.5 Å². The van der Waals surface area contributed by atoms with E-state index in [0.717, 1.165) is 11.1 Å². The Hall–Kier alpha value is -0.110. The lowest BCUT2D eigenvalue weighted by molar-refractivity contribution is 0.920. The van der Waals surface area contributed by atoms with Crippen molar-refractivity contribution < 1.29 is 0 Å². The van der Waals surface area contributed by atoms with Crippen LogP contribution in [0.15, 0.2) is 36.4 Å². The van der Waals surface area contributed by atoms with Crippen molar-refractivity contribution in [2.75, 3.05) is 0 Å². The molecule has 0 radical (unpaired) electrons. The molecule has 0 aliphatic carbocycles. The molecule has 0 fully saturated rings. The van der Waals surface area contributed by atoms with Crippen LogP contribution in [0, 0.1) is 0 Å². The van der Waals surface area contributed by atoms with Crippen molar-refractivity contribution in [2.45, 2.75) is 11.8 Å². The van der Waals surface area contributed by atoms with E-state index in [-0.39, 0.29) is 5.38 Å². The molecule has 0 nitrogen and oxygen atoms in total. The summed E-state index contributed by atoms with van der Waals surface area (Å²) in [6.45, 7) is 0. The van der Waals surface area contributed by atoms with Crippen molar-refractivity contribution in [3.8, 4) is 0 Å². The predicted molar refractivity (Wildman–Crippen MR) is 85.2 cm³/mol. The fourth-order valence-corrected chi connectivity index (χ4v) is 2.90. The van der Waals surface area contributed by atoms with Gasteiger partial charge in [0.05, 0.1) is 15.4 Å². The van der Waals surface area contributed by atoms with E-state index in [1.54, 1.807) is 30.3 Å². The lowest BCUT2D eigenvalue weighted by atomic mass is 10.0. The minimum absolute atomic E-state index is 0.275. The number of halogens is 5. The summed E-state index contributed by atoms with van der Waals surface area (Å²) in [5.41, 5.74) is 1.80. The molecule has 100 valence electrons. The highest BCUT2D eigenvalue weighted by Gasteiger charge is 2.14. The Labute approximate surface area is 137 Å². The minimum atomic E-state index is -0.275. The van der Waals surface area contributed by atoms with Gasteiger partial charge in [-0.05, 0) is 47.9 Å². The molecule has 0 saturated carbocycles. The quantitative estimate of drug-likeness (QED) is 0.530. The van der Waals surface area contributed by atoms with Crippen LogP contribution in [0.4, 0.5) is 0 Å². The fraction of sp³-hybridized carbons (Fsp3) is 0.143. The molecule has 0 amide bonds. The van der Waals surface area contributed by atoms with Crippen molar-refractivity contribution in [3.63, 3.8) is 0 Å². The molecule has 2 aromatic rings. The van der Waals surface area contributed by atoms with E-state index in [1.807, 2.05) is 6.07 Å². The van der Waals surface area contributed by atoms with Gasteiger partial charge in [0.2, 0.25) is 0 Å². The molecular weight excluding hydrogens is 345 g/mol. The summed E-state index contributed by atoms with van der Waals surface area (Å²) in [6.07, 6.45) is 0.596. The predicted octanol–water partition coefficient (Wildman–Crippen LogP) is 6.82. The third kappa shape index (κ3) is 3.93. The van der Waals surface area contributed by atoms with E-state index >= 15 is 0 Å². The van der Waals surface area contributed by atoms with Crippen LogP contribution in [0.3, 0.4) is 0 Å². The maximum Gasteiger partial charge on any atom is 0.0640 e. The molecule has 2 rings (SSSR count). The second-order valence-electron chi connectivity index (χ2n) is 4.09. The summed E-state index contributed by atoms with van der Waals surface area (Å²) in [5.74, 6) is 0. The summed E-state index contributed by atoms with van der Waals surface area (Å²) in [5, 5.41) is 1.98. The zero-order valence-corrected chi connectivity index (χ0v) is 13.4. The first-order chi connectivity index (χ1) is 8.97. The Balaban J connectivity index is 2.22. The lowest BCUT2D eigenvalue weighted by Crippen LogP contribution is -1.97. The average molecular weight is 354 g/mol. The molecule has 2 aromatic carbocycles. The van der Waals surface area contributed by atoms with Gasteiger partial charge in [-0.1, -0.05) is 52.5 Å². The van der Waals surface area contributed by atoms with Crippen LogP contribution in [0.25, 0.3) is 0 Å². The maximum absolute atomic E-state index is 6.39. The van der Waals surface area contributed by atoms with E-state index in [0.29, 0.717) is 26.5 Å². The minimum Gasteiger partial charge on any atom is -0.117 e. The van der Waals surface area contributed by atoms with Gasteiger partial charge in [-0.15, -0.1) is 11.6 Å². The zero-order chi connectivity index (χ0) is 14.0. The Bertz CT molecular complexity index is 594. The van der Waals surface area contributed by atoms with Crippen molar-refractivity contribution in [3.05, 3.63) is 67.6 Å². The molecule has 0 heterocycles. The third-order valence-corrected chi connectivity index (χ3v) is 4.40. The van der Waals surface area contributed by atoms with Crippen LogP contribution in [-0.2, 0) is 6.42 Å². The van der Waals surface area contributed by atoms with Gasteiger partial charge >= 0.3 is 0 Å². The topological polar surface area (TPSA) is 0 Å². The van der Waals surface area contributed by atoms with Gasteiger partial charge in [-0.2, -0.15) is 0 Å². The number of hydrogen-bond donors (Lipinski definition) is 0. The largest absolute Gasteiger partial charge is 0.117 e. The first-order valence-electron chi connectivity index (χ1n) is 5.50.